The summed E-state index contributed by atoms with van der Waals surface area (Å²) in [5.41, 5.74) is 4.32. The van der Waals surface area contributed by atoms with Gasteiger partial charge in [0, 0.05) is 9.50 Å². The first-order chi connectivity index (χ1) is 14.4. The molecule has 0 radical (unpaired) electrons. The zero-order valence-corrected chi connectivity index (χ0v) is 18.5. The van der Waals surface area contributed by atoms with Crippen LogP contribution in [0, 0.1) is 0 Å². The Morgan fingerprint density at radius 2 is 1.70 bits per heavy atom. The number of hydrogen-bond donors (Lipinski definition) is 1. The lowest BCUT2D eigenvalue weighted by atomic mass is 10.1. The summed E-state index contributed by atoms with van der Waals surface area (Å²) < 4.78 is 6.26. The normalized spacial score (nSPS) is 10.8. The minimum Gasteiger partial charge on any atom is -0.423 e. The third kappa shape index (κ3) is 6.42. The number of halogens is 3. The van der Waals surface area contributed by atoms with Crippen LogP contribution in [-0.2, 0) is 11.2 Å². The summed E-state index contributed by atoms with van der Waals surface area (Å²) in [6.45, 7) is 0. The highest BCUT2D eigenvalue weighted by Gasteiger charge is 2.13. The molecule has 5 nitrogen and oxygen atoms in total. The van der Waals surface area contributed by atoms with Crippen molar-refractivity contribution < 1.29 is 14.3 Å². The van der Waals surface area contributed by atoms with Crippen molar-refractivity contribution in [3.8, 4) is 5.75 Å². The number of carbonyl (C=O) groups is 2. The second-order valence-electron chi connectivity index (χ2n) is 6.18. The Balaban J connectivity index is 1.53. The molecule has 0 saturated heterocycles. The molecule has 1 amide bonds. The number of hydrazone groups is 1. The molecule has 0 bridgehead atoms. The summed E-state index contributed by atoms with van der Waals surface area (Å²) in [5, 5.41) is 4.59. The lowest BCUT2D eigenvalue weighted by Gasteiger charge is -2.06. The predicted octanol–water partition coefficient (Wildman–Crippen LogP) is 5.67. The molecule has 3 aromatic rings. The highest BCUT2D eigenvalue weighted by molar-refractivity contribution is 9.10. The van der Waals surface area contributed by atoms with E-state index in [9.17, 15) is 9.59 Å². The molecule has 0 atom stereocenters. The van der Waals surface area contributed by atoms with Crippen LogP contribution in [0.4, 0.5) is 0 Å². The van der Waals surface area contributed by atoms with E-state index < -0.39 is 5.97 Å². The van der Waals surface area contributed by atoms with Crippen LogP contribution in [0.5, 0.6) is 5.75 Å². The molecule has 3 aromatic carbocycles. The molecule has 0 heterocycles. The molecule has 0 aromatic heterocycles. The molecule has 30 heavy (non-hydrogen) atoms. The number of ether oxygens (including phenoxy) is 1. The summed E-state index contributed by atoms with van der Waals surface area (Å²) in [7, 11) is 0. The summed E-state index contributed by atoms with van der Waals surface area (Å²) in [6, 6.07) is 18.7. The number of nitrogens with one attached hydrogen (secondary N) is 1. The van der Waals surface area contributed by atoms with E-state index in [-0.39, 0.29) is 22.9 Å². The Labute approximate surface area is 191 Å². The van der Waals surface area contributed by atoms with Crippen molar-refractivity contribution >= 4 is 57.2 Å². The Morgan fingerprint density at radius 1 is 1.00 bits per heavy atom. The van der Waals surface area contributed by atoms with Gasteiger partial charge in [-0.25, -0.2) is 10.2 Å². The third-order valence-corrected chi connectivity index (χ3v) is 5.00. The number of carbonyl (C=O) groups excluding carboxylic acids is 2. The van der Waals surface area contributed by atoms with Crippen LogP contribution in [0.25, 0.3) is 0 Å². The monoisotopic (exact) mass is 504 g/mol. The minimum atomic E-state index is -0.585. The zero-order valence-electron chi connectivity index (χ0n) is 15.4. The van der Waals surface area contributed by atoms with Crippen molar-refractivity contribution in [2.75, 3.05) is 0 Å². The van der Waals surface area contributed by atoms with Crippen molar-refractivity contribution in [3.63, 3.8) is 0 Å². The van der Waals surface area contributed by atoms with Crippen LogP contribution in [0.1, 0.15) is 21.5 Å². The highest BCUT2D eigenvalue weighted by Crippen LogP contribution is 2.23. The van der Waals surface area contributed by atoms with Crippen molar-refractivity contribution in [2.24, 2.45) is 5.10 Å². The standard InChI is InChI=1S/C22H15BrCl2N2O3/c23-16-5-1-14(2-6-16)11-21(28)27-26-13-15-3-8-18(9-4-15)30-22(29)19-10-7-17(24)12-20(19)25/h1-10,12-13H,11H2,(H,27,28)/b26-13+. The summed E-state index contributed by atoms with van der Waals surface area (Å²) in [5.74, 6) is -0.459. The van der Waals surface area contributed by atoms with Gasteiger partial charge in [-0.15, -0.1) is 0 Å². The Bertz CT molecular complexity index is 1080. The number of amides is 1. The number of nitrogens with zero attached hydrogens (tertiary/aromatic N) is 1. The van der Waals surface area contributed by atoms with Crippen LogP contribution in [0.2, 0.25) is 10.0 Å². The number of benzene rings is 3. The summed E-state index contributed by atoms with van der Waals surface area (Å²) in [6.07, 6.45) is 1.73. The van der Waals surface area contributed by atoms with Gasteiger partial charge in [0.2, 0.25) is 5.91 Å². The smallest absolute Gasteiger partial charge is 0.345 e. The van der Waals surface area contributed by atoms with Crippen molar-refractivity contribution in [1.82, 2.24) is 5.43 Å². The van der Waals surface area contributed by atoms with Gasteiger partial charge in [0.05, 0.1) is 23.2 Å². The second kappa shape index (κ2) is 10.4. The minimum absolute atomic E-state index is 0.218. The maximum absolute atomic E-state index is 12.2. The molecular formula is C22H15BrCl2N2O3. The van der Waals surface area contributed by atoms with Gasteiger partial charge in [0.15, 0.2) is 0 Å². The summed E-state index contributed by atoms with van der Waals surface area (Å²) >= 11 is 15.2. The van der Waals surface area contributed by atoms with Crippen LogP contribution in [-0.4, -0.2) is 18.1 Å². The van der Waals surface area contributed by atoms with Crippen LogP contribution in [0.15, 0.2) is 76.3 Å². The van der Waals surface area contributed by atoms with Gasteiger partial charge in [-0.2, -0.15) is 5.10 Å². The Hall–Kier alpha value is -2.67. The zero-order chi connectivity index (χ0) is 21.5. The van der Waals surface area contributed by atoms with Gasteiger partial charge >= 0.3 is 5.97 Å². The third-order valence-electron chi connectivity index (χ3n) is 3.92. The van der Waals surface area contributed by atoms with Crippen molar-refractivity contribution in [3.05, 3.63) is 97.9 Å². The molecule has 0 saturated carbocycles. The van der Waals surface area contributed by atoms with E-state index in [0.29, 0.717) is 10.8 Å². The van der Waals surface area contributed by atoms with Gasteiger partial charge in [-0.3, -0.25) is 4.79 Å². The van der Waals surface area contributed by atoms with E-state index in [1.54, 1.807) is 30.3 Å². The number of hydrogen-bond acceptors (Lipinski definition) is 4. The van der Waals surface area contributed by atoms with Gasteiger partial charge in [0.25, 0.3) is 0 Å². The maximum Gasteiger partial charge on any atom is 0.345 e. The summed E-state index contributed by atoms with van der Waals surface area (Å²) in [4.78, 5) is 24.2. The first-order valence-corrected chi connectivity index (χ1v) is 10.3. The predicted molar refractivity (Wildman–Crippen MR) is 121 cm³/mol. The van der Waals surface area contributed by atoms with E-state index in [0.717, 1.165) is 15.6 Å². The molecule has 0 aliphatic heterocycles. The second-order valence-corrected chi connectivity index (χ2v) is 7.94. The molecular weight excluding hydrogens is 491 g/mol. The molecule has 8 heteroatoms. The first-order valence-electron chi connectivity index (χ1n) is 8.74. The van der Waals surface area contributed by atoms with Crippen LogP contribution >= 0.6 is 39.1 Å². The first kappa shape index (κ1) is 22.0. The van der Waals surface area contributed by atoms with Gasteiger partial charge < -0.3 is 4.74 Å². The fourth-order valence-electron chi connectivity index (χ4n) is 2.44. The maximum atomic E-state index is 12.2. The highest BCUT2D eigenvalue weighted by atomic mass is 79.9. The lowest BCUT2D eigenvalue weighted by molar-refractivity contribution is -0.120. The lowest BCUT2D eigenvalue weighted by Crippen LogP contribution is -2.19. The van der Waals surface area contributed by atoms with E-state index >= 15 is 0 Å². The van der Waals surface area contributed by atoms with Gasteiger partial charge in [0.1, 0.15) is 5.75 Å². The average molecular weight is 506 g/mol. The molecule has 1 N–H and O–H groups in total. The van der Waals surface area contributed by atoms with Crippen molar-refractivity contribution in [2.45, 2.75) is 6.42 Å². The van der Waals surface area contributed by atoms with Crippen LogP contribution < -0.4 is 10.2 Å². The van der Waals surface area contributed by atoms with E-state index in [2.05, 4.69) is 26.5 Å². The molecule has 0 fully saturated rings. The molecule has 3 rings (SSSR count). The van der Waals surface area contributed by atoms with Crippen LogP contribution in [0.3, 0.4) is 0 Å². The average Bonchev–Trinajstić information content (AvgIpc) is 2.71. The van der Waals surface area contributed by atoms with Crippen molar-refractivity contribution in [1.29, 1.82) is 0 Å². The molecule has 0 aliphatic carbocycles. The van der Waals surface area contributed by atoms with E-state index in [4.69, 9.17) is 27.9 Å². The van der Waals surface area contributed by atoms with Gasteiger partial charge in [-0.1, -0.05) is 51.3 Å². The van der Waals surface area contributed by atoms with E-state index in [1.807, 2.05) is 24.3 Å². The fourth-order valence-corrected chi connectivity index (χ4v) is 3.19. The number of rotatable bonds is 6. The molecule has 0 spiro atoms. The largest absolute Gasteiger partial charge is 0.423 e. The Morgan fingerprint density at radius 3 is 2.37 bits per heavy atom. The van der Waals surface area contributed by atoms with Gasteiger partial charge in [-0.05, 0) is 65.7 Å². The SMILES string of the molecule is O=C(Cc1ccc(Br)cc1)N/N=C/c1ccc(OC(=O)c2ccc(Cl)cc2Cl)cc1. The topological polar surface area (TPSA) is 67.8 Å². The molecule has 0 unspecified atom stereocenters. The Kier molecular flexibility index (Phi) is 7.63. The molecule has 152 valence electrons. The van der Waals surface area contributed by atoms with E-state index in [1.165, 1.54) is 18.3 Å². The fraction of sp³-hybridized carbons (Fsp3) is 0.0455. The molecule has 0 aliphatic rings. The quantitative estimate of drug-likeness (QED) is 0.203. The number of esters is 1.